The molecule has 1 aromatic rings. The quantitative estimate of drug-likeness (QED) is 0.851. The van der Waals surface area contributed by atoms with Gasteiger partial charge in [0.25, 0.3) is 0 Å². The van der Waals surface area contributed by atoms with Crippen LogP contribution in [0.1, 0.15) is 18.4 Å². The summed E-state index contributed by atoms with van der Waals surface area (Å²) >= 11 is 0. The van der Waals surface area contributed by atoms with Crippen LogP contribution in [0.15, 0.2) is 24.3 Å². The van der Waals surface area contributed by atoms with Gasteiger partial charge in [-0.05, 0) is 36.5 Å². The highest BCUT2D eigenvalue weighted by atomic mass is 19.4. The van der Waals surface area contributed by atoms with Crippen LogP contribution in [0.5, 0.6) is 0 Å². The number of nitrogens with one attached hydrogen (secondary N) is 1. The first-order valence-electron chi connectivity index (χ1n) is 7.63. The van der Waals surface area contributed by atoms with E-state index in [0.29, 0.717) is 24.9 Å². The Bertz CT molecular complexity index is 596. The Morgan fingerprint density at radius 1 is 1.21 bits per heavy atom. The second-order valence-corrected chi connectivity index (χ2v) is 5.84. The molecule has 1 heterocycles. The van der Waals surface area contributed by atoms with Crippen LogP contribution < -0.4 is 5.32 Å². The van der Waals surface area contributed by atoms with E-state index in [1.54, 1.807) is 6.07 Å². The predicted octanol–water partition coefficient (Wildman–Crippen LogP) is 2.29. The zero-order valence-electron chi connectivity index (χ0n) is 12.9. The maximum Gasteiger partial charge on any atom is 0.471 e. The van der Waals surface area contributed by atoms with Gasteiger partial charge in [0.05, 0.1) is 6.42 Å². The summed E-state index contributed by atoms with van der Waals surface area (Å²) in [6, 6.07) is 5.73. The van der Waals surface area contributed by atoms with Gasteiger partial charge in [-0.25, -0.2) is 4.39 Å². The van der Waals surface area contributed by atoms with E-state index in [1.807, 2.05) is 0 Å². The molecule has 0 spiro atoms. The van der Waals surface area contributed by atoms with E-state index in [1.165, 1.54) is 18.2 Å². The molecule has 24 heavy (non-hydrogen) atoms. The molecule has 4 nitrogen and oxygen atoms in total. The number of carbonyl (C=O) groups excluding carboxylic acids is 2. The second-order valence-electron chi connectivity index (χ2n) is 5.84. The smallest absolute Gasteiger partial charge is 0.356 e. The van der Waals surface area contributed by atoms with Crippen molar-refractivity contribution in [2.45, 2.75) is 25.4 Å². The molecule has 0 bridgehead atoms. The summed E-state index contributed by atoms with van der Waals surface area (Å²) < 4.78 is 50.1. The molecule has 1 aromatic carbocycles. The maximum atomic E-state index is 13.0. The third-order valence-corrected chi connectivity index (χ3v) is 3.99. The Morgan fingerprint density at radius 2 is 1.88 bits per heavy atom. The summed E-state index contributed by atoms with van der Waals surface area (Å²) in [6.45, 7) is 0.397. The summed E-state index contributed by atoms with van der Waals surface area (Å²) in [5, 5.41) is 2.71. The van der Waals surface area contributed by atoms with Gasteiger partial charge in [0.15, 0.2) is 0 Å². The Kier molecular flexibility index (Phi) is 5.80. The van der Waals surface area contributed by atoms with Crippen LogP contribution in [0.25, 0.3) is 0 Å². The Hall–Kier alpha value is -2.12. The van der Waals surface area contributed by atoms with E-state index in [-0.39, 0.29) is 31.3 Å². The molecule has 1 aliphatic heterocycles. The average Bonchev–Trinajstić information content (AvgIpc) is 2.52. The number of amides is 2. The largest absolute Gasteiger partial charge is 0.471 e. The summed E-state index contributed by atoms with van der Waals surface area (Å²) in [4.78, 5) is 23.7. The van der Waals surface area contributed by atoms with Crippen molar-refractivity contribution in [1.29, 1.82) is 0 Å². The van der Waals surface area contributed by atoms with Crippen LogP contribution in [-0.2, 0) is 16.0 Å². The normalized spacial score (nSPS) is 16.1. The van der Waals surface area contributed by atoms with E-state index >= 15 is 0 Å². The summed E-state index contributed by atoms with van der Waals surface area (Å²) in [7, 11) is 0. The van der Waals surface area contributed by atoms with E-state index < -0.39 is 17.9 Å². The van der Waals surface area contributed by atoms with Crippen molar-refractivity contribution in [3.8, 4) is 0 Å². The molecule has 0 unspecified atom stereocenters. The molecular formula is C16H18F4N2O2. The lowest BCUT2D eigenvalue weighted by molar-refractivity contribution is -0.186. The minimum Gasteiger partial charge on any atom is -0.356 e. The molecule has 1 N–H and O–H groups in total. The van der Waals surface area contributed by atoms with Gasteiger partial charge in [-0.1, -0.05) is 12.1 Å². The topological polar surface area (TPSA) is 49.4 Å². The number of hydrogen-bond acceptors (Lipinski definition) is 2. The molecule has 0 aliphatic carbocycles. The first-order chi connectivity index (χ1) is 11.3. The molecule has 0 aromatic heterocycles. The second kappa shape index (κ2) is 7.63. The van der Waals surface area contributed by atoms with E-state index in [4.69, 9.17) is 0 Å². The zero-order valence-corrected chi connectivity index (χ0v) is 12.9. The molecule has 1 fully saturated rings. The lowest BCUT2D eigenvalue weighted by atomic mass is 9.96. The van der Waals surface area contributed by atoms with Crippen molar-refractivity contribution in [1.82, 2.24) is 10.2 Å². The number of hydrogen-bond donors (Lipinski definition) is 1. The Balaban J connectivity index is 1.72. The van der Waals surface area contributed by atoms with Crippen molar-refractivity contribution in [3.63, 3.8) is 0 Å². The first kappa shape index (κ1) is 18.2. The van der Waals surface area contributed by atoms with Crippen LogP contribution in [0.4, 0.5) is 17.6 Å². The first-order valence-corrected chi connectivity index (χ1v) is 7.63. The molecule has 0 radical (unpaired) electrons. The standard InChI is InChI=1S/C16H18F4N2O2/c17-13-3-1-2-12(8-13)9-14(23)21-10-11-4-6-22(7-5-11)15(24)16(18,19)20/h1-3,8,11H,4-7,9-10H2,(H,21,23). The molecule has 0 saturated carbocycles. The fourth-order valence-corrected chi connectivity index (χ4v) is 2.67. The molecule has 1 aliphatic rings. The van der Waals surface area contributed by atoms with Crippen molar-refractivity contribution in [3.05, 3.63) is 35.6 Å². The number of halogens is 4. The van der Waals surface area contributed by atoms with E-state index in [2.05, 4.69) is 5.32 Å². The van der Waals surface area contributed by atoms with Gasteiger partial charge in [-0.15, -0.1) is 0 Å². The number of nitrogens with zero attached hydrogens (tertiary/aromatic N) is 1. The van der Waals surface area contributed by atoms with Gasteiger partial charge in [-0.3, -0.25) is 9.59 Å². The van der Waals surface area contributed by atoms with Crippen LogP contribution >= 0.6 is 0 Å². The molecule has 0 atom stereocenters. The molecular weight excluding hydrogens is 328 g/mol. The Morgan fingerprint density at radius 3 is 2.46 bits per heavy atom. The summed E-state index contributed by atoms with van der Waals surface area (Å²) in [5.41, 5.74) is 0.554. The summed E-state index contributed by atoms with van der Waals surface area (Å²) in [6.07, 6.45) is -3.99. The van der Waals surface area contributed by atoms with Gasteiger partial charge < -0.3 is 10.2 Å². The maximum absolute atomic E-state index is 13.0. The monoisotopic (exact) mass is 346 g/mol. The fourth-order valence-electron chi connectivity index (χ4n) is 2.67. The average molecular weight is 346 g/mol. The summed E-state index contributed by atoms with van der Waals surface area (Å²) in [5.74, 6) is -2.47. The lowest BCUT2D eigenvalue weighted by Gasteiger charge is -2.32. The van der Waals surface area contributed by atoms with E-state index in [0.717, 1.165) is 4.90 Å². The van der Waals surface area contributed by atoms with Gasteiger partial charge in [0, 0.05) is 19.6 Å². The SMILES string of the molecule is O=C(Cc1cccc(F)c1)NCC1CCN(C(=O)C(F)(F)F)CC1. The highest BCUT2D eigenvalue weighted by molar-refractivity contribution is 5.82. The highest BCUT2D eigenvalue weighted by Crippen LogP contribution is 2.23. The van der Waals surface area contributed by atoms with Crippen LogP contribution in [-0.4, -0.2) is 42.5 Å². The van der Waals surface area contributed by atoms with Crippen molar-refractivity contribution < 1.29 is 27.2 Å². The number of carbonyl (C=O) groups is 2. The van der Waals surface area contributed by atoms with Gasteiger partial charge in [-0.2, -0.15) is 13.2 Å². The van der Waals surface area contributed by atoms with E-state index in [9.17, 15) is 27.2 Å². The van der Waals surface area contributed by atoms with Gasteiger partial charge >= 0.3 is 12.1 Å². The van der Waals surface area contributed by atoms with Gasteiger partial charge in [0.1, 0.15) is 5.82 Å². The van der Waals surface area contributed by atoms with Crippen molar-refractivity contribution in [2.24, 2.45) is 5.92 Å². The zero-order chi connectivity index (χ0) is 17.7. The lowest BCUT2D eigenvalue weighted by Crippen LogP contribution is -2.46. The number of alkyl halides is 3. The van der Waals surface area contributed by atoms with Crippen LogP contribution in [0.2, 0.25) is 0 Å². The number of rotatable bonds is 4. The van der Waals surface area contributed by atoms with Crippen LogP contribution in [0, 0.1) is 11.7 Å². The van der Waals surface area contributed by atoms with Crippen LogP contribution in [0.3, 0.4) is 0 Å². The third kappa shape index (κ3) is 5.21. The fraction of sp³-hybridized carbons (Fsp3) is 0.500. The van der Waals surface area contributed by atoms with Crippen molar-refractivity contribution in [2.75, 3.05) is 19.6 Å². The number of benzene rings is 1. The molecule has 8 heteroatoms. The van der Waals surface area contributed by atoms with Gasteiger partial charge in [0.2, 0.25) is 5.91 Å². The molecule has 1 saturated heterocycles. The predicted molar refractivity (Wildman–Crippen MR) is 78.5 cm³/mol. The Labute approximate surface area is 136 Å². The third-order valence-electron chi connectivity index (χ3n) is 3.99. The molecule has 2 amide bonds. The number of piperidine rings is 1. The number of likely N-dealkylation sites (tertiary alicyclic amines) is 1. The highest BCUT2D eigenvalue weighted by Gasteiger charge is 2.43. The minimum atomic E-state index is -4.84. The van der Waals surface area contributed by atoms with Crippen molar-refractivity contribution >= 4 is 11.8 Å². The molecule has 132 valence electrons. The minimum absolute atomic E-state index is 0.0266. The molecule has 2 rings (SSSR count).